The van der Waals surface area contributed by atoms with Gasteiger partial charge < -0.3 is 10.1 Å². The molecule has 0 saturated carbocycles. The fourth-order valence-corrected chi connectivity index (χ4v) is 3.19. The predicted molar refractivity (Wildman–Crippen MR) is 129 cm³/mol. The molecule has 0 bridgehead atoms. The molecule has 0 radical (unpaired) electrons. The Kier molecular flexibility index (Phi) is 6.53. The Hall–Kier alpha value is -3.41. The molecular weight excluding hydrogens is 400 g/mol. The van der Waals surface area contributed by atoms with Gasteiger partial charge in [0, 0.05) is 10.9 Å². The normalized spacial score (nSPS) is 11.8. The van der Waals surface area contributed by atoms with Crippen molar-refractivity contribution in [1.82, 2.24) is 20.6 Å². The number of rotatable bonds is 5. The van der Waals surface area contributed by atoms with E-state index in [0.717, 1.165) is 22.2 Å². The summed E-state index contributed by atoms with van der Waals surface area (Å²) in [4.78, 5) is 21.6. The minimum absolute atomic E-state index is 0.0301. The van der Waals surface area contributed by atoms with Gasteiger partial charge in [0.1, 0.15) is 11.4 Å². The zero-order chi connectivity index (χ0) is 23.5. The number of carbonyl (C=O) groups is 1. The van der Waals surface area contributed by atoms with E-state index < -0.39 is 11.7 Å². The lowest BCUT2D eigenvalue weighted by atomic mass is 9.86. The molecule has 0 spiro atoms. The SMILES string of the molecule is C=C(NCc1nc(-c2cccc(C(C)(C)C)c2)nc2ccccc12)NC(=O)OC(C)(C)C. The summed E-state index contributed by atoms with van der Waals surface area (Å²) in [6, 6.07) is 16.2. The zero-order valence-electron chi connectivity index (χ0n) is 19.7. The Balaban J connectivity index is 1.86. The third kappa shape index (κ3) is 6.06. The molecule has 0 aliphatic rings. The molecule has 0 atom stereocenters. The van der Waals surface area contributed by atoms with Crippen LogP contribution in [-0.4, -0.2) is 21.7 Å². The first-order valence-corrected chi connectivity index (χ1v) is 10.7. The Morgan fingerprint density at radius 2 is 1.72 bits per heavy atom. The highest BCUT2D eigenvalue weighted by atomic mass is 16.6. The minimum Gasteiger partial charge on any atom is -0.444 e. The quantitative estimate of drug-likeness (QED) is 0.542. The first-order valence-electron chi connectivity index (χ1n) is 10.7. The number of hydrogen-bond donors (Lipinski definition) is 2. The van der Waals surface area contributed by atoms with Crippen LogP contribution in [0.15, 0.2) is 60.9 Å². The molecule has 0 aliphatic heterocycles. The second-order valence-electron chi connectivity index (χ2n) is 9.80. The van der Waals surface area contributed by atoms with E-state index in [4.69, 9.17) is 14.7 Å². The molecule has 6 nitrogen and oxygen atoms in total. The van der Waals surface area contributed by atoms with Crippen LogP contribution in [0.5, 0.6) is 0 Å². The number of carbonyl (C=O) groups excluding carboxylic acids is 1. The lowest BCUT2D eigenvalue weighted by Crippen LogP contribution is -2.35. The third-order valence-electron chi connectivity index (χ3n) is 4.79. The van der Waals surface area contributed by atoms with E-state index in [0.29, 0.717) is 18.2 Å². The van der Waals surface area contributed by atoms with Gasteiger partial charge in [0.05, 0.1) is 17.8 Å². The van der Waals surface area contributed by atoms with Crippen LogP contribution in [0.2, 0.25) is 0 Å². The van der Waals surface area contributed by atoms with Gasteiger partial charge in [-0.15, -0.1) is 0 Å². The monoisotopic (exact) mass is 432 g/mol. The summed E-state index contributed by atoms with van der Waals surface area (Å²) in [5.74, 6) is 1.01. The van der Waals surface area contributed by atoms with Crippen molar-refractivity contribution in [1.29, 1.82) is 0 Å². The number of fused-ring (bicyclic) bond motifs is 1. The van der Waals surface area contributed by atoms with Gasteiger partial charge in [-0.25, -0.2) is 14.8 Å². The van der Waals surface area contributed by atoms with Crippen molar-refractivity contribution in [2.75, 3.05) is 0 Å². The van der Waals surface area contributed by atoms with E-state index >= 15 is 0 Å². The molecule has 0 aliphatic carbocycles. The van der Waals surface area contributed by atoms with Gasteiger partial charge in [-0.3, -0.25) is 5.32 Å². The lowest BCUT2D eigenvalue weighted by Gasteiger charge is -2.21. The summed E-state index contributed by atoms with van der Waals surface area (Å²) in [6.07, 6.45) is -0.553. The van der Waals surface area contributed by atoms with E-state index in [1.165, 1.54) is 5.56 Å². The van der Waals surface area contributed by atoms with E-state index in [2.05, 4.69) is 50.1 Å². The summed E-state index contributed by atoms with van der Waals surface area (Å²) in [6.45, 7) is 16.2. The van der Waals surface area contributed by atoms with Gasteiger partial charge >= 0.3 is 6.09 Å². The summed E-state index contributed by atoms with van der Waals surface area (Å²) in [7, 11) is 0. The standard InChI is InChI=1S/C26H32N4O2/c1-17(28-24(31)32-26(5,6)7)27-16-22-20-13-8-9-14-21(20)29-23(30-22)18-11-10-12-19(15-18)25(2,3)4/h8-15,27H,1,16H2,2-7H3,(H,28,31). The Labute approximate surface area is 190 Å². The van der Waals surface area contributed by atoms with E-state index in [-0.39, 0.29) is 5.41 Å². The van der Waals surface area contributed by atoms with Crippen LogP contribution in [0.3, 0.4) is 0 Å². The topological polar surface area (TPSA) is 76.1 Å². The minimum atomic E-state index is -0.580. The molecule has 0 unspecified atom stereocenters. The number of amides is 1. The predicted octanol–water partition coefficient (Wildman–Crippen LogP) is 5.68. The van der Waals surface area contributed by atoms with Gasteiger partial charge in [-0.05, 0) is 43.9 Å². The fourth-order valence-electron chi connectivity index (χ4n) is 3.19. The Bertz CT molecular complexity index is 1140. The second-order valence-corrected chi connectivity index (χ2v) is 9.80. The number of benzene rings is 2. The average Bonchev–Trinajstić information content (AvgIpc) is 2.69. The van der Waals surface area contributed by atoms with Gasteiger partial charge in [0.25, 0.3) is 0 Å². The molecule has 3 rings (SSSR count). The second kappa shape index (κ2) is 8.99. The number of hydrogen-bond acceptors (Lipinski definition) is 5. The fraction of sp³-hybridized carbons (Fsp3) is 0.346. The van der Waals surface area contributed by atoms with Crippen LogP contribution in [-0.2, 0) is 16.7 Å². The van der Waals surface area contributed by atoms with E-state index in [1.54, 1.807) is 0 Å². The van der Waals surface area contributed by atoms with Gasteiger partial charge in [0.15, 0.2) is 5.82 Å². The number of nitrogens with one attached hydrogen (secondary N) is 2. The van der Waals surface area contributed by atoms with Crippen molar-refractivity contribution in [3.05, 3.63) is 72.2 Å². The van der Waals surface area contributed by atoms with Crippen LogP contribution in [0, 0.1) is 0 Å². The van der Waals surface area contributed by atoms with Crippen LogP contribution in [0.1, 0.15) is 52.8 Å². The summed E-state index contributed by atoms with van der Waals surface area (Å²) < 4.78 is 5.27. The first-order chi connectivity index (χ1) is 14.9. The van der Waals surface area contributed by atoms with Crippen molar-refractivity contribution < 1.29 is 9.53 Å². The Morgan fingerprint density at radius 3 is 2.41 bits per heavy atom. The molecule has 0 saturated heterocycles. The third-order valence-corrected chi connectivity index (χ3v) is 4.79. The van der Waals surface area contributed by atoms with Crippen molar-refractivity contribution in [2.24, 2.45) is 0 Å². The summed E-state index contributed by atoms with van der Waals surface area (Å²) in [5.41, 5.74) is 3.32. The number of nitrogens with zero attached hydrogens (tertiary/aromatic N) is 2. The summed E-state index contributed by atoms with van der Waals surface area (Å²) in [5, 5.41) is 6.69. The maximum atomic E-state index is 12.0. The number of ether oxygens (including phenoxy) is 1. The molecule has 1 heterocycles. The number of para-hydroxylation sites is 1. The largest absolute Gasteiger partial charge is 0.444 e. The molecule has 1 amide bonds. The molecule has 2 N–H and O–H groups in total. The molecule has 3 aromatic rings. The molecule has 32 heavy (non-hydrogen) atoms. The van der Waals surface area contributed by atoms with Crippen LogP contribution in [0.25, 0.3) is 22.3 Å². The molecule has 0 fully saturated rings. The van der Waals surface area contributed by atoms with E-state index in [9.17, 15) is 4.79 Å². The maximum Gasteiger partial charge on any atom is 0.413 e. The van der Waals surface area contributed by atoms with Gasteiger partial charge in [-0.2, -0.15) is 0 Å². The van der Waals surface area contributed by atoms with Crippen LogP contribution < -0.4 is 10.6 Å². The number of alkyl carbamates (subject to hydrolysis) is 1. The van der Waals surface area contributed by atoms with Crippen molar-refractivity contribution in [3.8, 4) is 11.4 Å². The highest BCUT2D eigenvalue weighted by Crippen LogP contribution is 2.27. The van der Waals surface area contributed by atoms with Crippen molar-refractivity contribution >= 4 is 17.0 Å². The van der Waals surface area contributed by atoms with Crippen molar-refractivity contribution in [2.45, 2.75) is 59.1 Å². The highest BCUT2D eigenvalue weighted by molar-refractivity contribution is 5.82. The zero-order valence-corrected chi connectivity index (χ0v) is 19.7. The molecular formula is C26H32N4O2. The first kappa shape index (κ1) is 23.3. The Morgan fingerprint density at radius 1 is 1.00 bits per heavy atom. The smallest absolute Gasteiger partial charge is 0.413 e. The van der Waals surface area contributed by atoms with Crippen LogP contribution >= 0.6 is 0 Å². The van der Waals surface area contributed by atoms with Crippen molar-refractivity contribution in [3.63, 3.8) is 0 Å². The van der Waals surface area contributed by atoms with Crippen LogP contribution in [0.4, 0.5) is 4.79 Å². The molecule has 168 valence electrons. The van der Waals surface area contributed by atoms with Gasteiger partial charge in [0.2, 0.25) is 0 Å². The maximum absolute atomic E-state index is 12.0. The van der Waals surface area contributed by atoms with Gasteiger partial charge in [-0.1, -0.05) is 63.7 Å². The molecule has 1 aromatic heterocycles. The number of aromatic nitrogens is 2. The average molecular weight is 433 g/mol. The molecule has 2 aromatic carbocycles. The summed E-state index contributed by atoms with van der Waals surface area (Å²) >= 11 is 0. The highest BCUT2D eigenvalue weighted by Gasteiger charge is 2.18. The lowest BCUT2D eigenvalue weighted by molar-refractivity contribution is 0.0542. The molecule has 6 heteroatoms. The van der Waals surface area contributed by atoms with E-state index in [1.807, 2.05) is 57.2 Å².